The van der Waals surface area contributed by atoms with E-state index >= 15 is 0 Å². The maximum Gasteiger partial charge on any atom is 0.306 e. The lowest BCUT2D eigenvalue weighted by molar-refractivity contribution is -0.165. The molecule has 2 saturated carbocycles. The quantitative estimate of drug-likeness (QED) is 0.615. The standard InChI is InChI=1S/C22H28O3/c1-20-9-5-15(23)13-14(20)3-4-16-17(20)6-10-21(2)18(16)7-11-22(21)12-8-19(24)25-22/h3-4,13,16-18H,5-12H2,1-2H3/t16-,17+,18+,20+,21+,22+/m1/s1. The van der Waals surface area contributed by atoms with E-state index in [9.17, 15) is 9.59 Å². The molecule has 134 valence electrons. The third kappa shape index (κ3) is 1.88. The smallest absolute Gasteiger partial charge is 0.306 e. The van der Waals surface area contributed by atoms with Gasteiger partial charge in [0.2, 0.25) is 0 Å². The molecular weight excluding hydrogens is 312 g/mol. The maximum absolute atomic E-state index is 11.9. The van der Waals surface area contributed by atoms with E-state index in [0.29, 0.717) is 30.6 Å². The van der Waals surface area contributed by atoms with E-state index in [0.717, 1.165) is 25.7 Å². The number of ketones is 1. The molecule has 0 radical (unpaired) electrons. The number of allylic oxidation sites excluding steroid dienone is 4. The van der Waals surface area contributed by atoms with E-state index in [1.54, 1.807) is 0 Å². The van der Waals surface area contributed by atoms with Crippen LogP contribution >= 0.6 is 0 Å². The fourth-order valence-electron chi connectivity index (χ4n) is 7.29. The molecule has 0 bridgehead atoms. The number of carbonyl (C=O) groups is 2. The summed E-state index contributed by atoms with van der Waals surface area (Å²) in [6.07, 6.45) is 14.3. The van der Waals surface area contributed by atoms with E-state index in [2.05, 4.69) is 26.0 Å². The third-order valence-corrected chi connectivity index (χ3v) is 8.85. The number of ether oxygens (including phenoxy) is 1. The van der Waals surface area contributed by atoms with Crippen LogP contribution in [-0.2, 0) is 14.3 Å². The Bertz CT molecular complexity index is 719. The van der Waals surface area contributed by atoms with Crippen molar-refractivity contribution in [3.63, 3.8) is 0 Å². The highest BCUT2D eigenvalue weighted by molar-refractivity contribution is 5.92. The molecule has 0 N–H and O–H groups in total. The first kappa shape index (κ1) is 15.8. The summed E-state index contributed by atoms with van der Waals surface area (Å²) in [5, 5.41) is 0. The van der Waals surface area contributed by atoms with Crippen LogP contribution < -0.4 is 0 Å². The van der Waals surface area contributed by atoms with Gasteiger partial charge in [0.1, 0.15) is 5.60 Å². The fourth-order valence-corrected chi connectivity index (χ4v) is 7.29. The van der Waals surface area contributed by atoms with Crippen molar-refractivity contribution >= 4 is 11.8 Å². The van der Waals surface area contributed by atoms with Crippen LogP contribution in [0.2, 0.25) is 0 Å². The van der Waals surface area contributed by atoms with Crippen LogP contribution in [0, 0.1) is 28.6 Å². The molecule has 1 heterocycles. The largest absolute Gasteiger partial charge is 0.458 e. The molecule has 4 aliphatic carbocycles. The Kier molecular flexibility index (Phi) is 3.08. The van der Waals surface area contributed by atoms with Gasteiger partial charge < -0.3 is 4.74 Å². The summed E-state index contributed by atoms with van der Waals surface area (Å²) in [6, 6.07) is 0. The fraction of sp³-hybridized carbons (Fsp3) is 0.727. The van der Waals surface area contributed by atoms with Gasteiger partial charge in [-0.05, 0) is 73.3 Å². The molecule has 5 rings (SSSR count). The summed E-state index contributed by atoms with van der Waals surface area (Å²) in [7, 11) is 0. The Hall–Kier alpha value is -1.38. The predicted octanol–water partition coefficient (Wildman–Crippen LogP) is 4.37. The predicted molar refractivity (Wildman–Crippen MR) is 94.7 cm³/mol. The molecule has 0 aromatic heterocycles. The Morgan fingerprint density at radius 1 is 1.00 bits per heavy atom. The summed E-state index contributed by atoms with van der Waals surface area (Å²) in [6.45, 7) is 4.78. The zero-order valence-corrected chi connectivity index (χ0v) is 15.3. The molecule has 3 heteroatoms. The van der Waals surface area contributed by atoms with Crippen LogP contribution in [0.15, 0.2) is 23.8 Å². The lowest BCUT2D eigenvalue weighted by Crippen LogP contribution is -2.53. The van der Waals surface area contributed by atoms with Crippen molar-refractivity contribution in [3.8, 4) is 0 Å². The van der Waals surface area contributed by atoms with Crippen LogP contribution in [0.25, 0.3) is 0 Å². The second kappa shape index (κ2) is 4.86. The summed E-state index contributed by atoms with van der Waals surface area (Å²) in [5.41, 5.74) is 1.32. The Morgan fingerprint density at radius 2 is 1.80 bits per heavy atom. The van der Waals surface area contributed by atoms with Gasteiger partial charge in [0.15, 0.2) is 5.78 Å². The molecule has 1 aliphatic heterocycles. The average Bonchev–Trinajstić information content (AvgIpc) is 3.10. The van der Waals surface area contributed by atoms with Gasteiger partial charge in [-0.25, -0.2) is 0 Å². The van der Waals surface area contributed by atoms with Crippen LogP contribution in [0.4, 0.5) is 0 Å². The van der Waals surface area contributed by atoms with E-state index in [-0.39, 0.29) is 28.2 Å². The van der Waals surface area contributed by atoms with Crippen molar-refractivity contribution in [2.24, 2.45) is 28.6 Å². The highest BCUT2D eigenvalue weighted by atomic mass is 16.6. The van der Waals surface area contributed by atoms with Gasteiger partial charge in [0.25, 0.3) is 0 Å². The van der Waals surface area contributed by atoms with Crippen molar-refractivity contribution in [3.05, 3.63) is 23.8 Å². The second-order valence-corrected chi connectivity index (χ2v) is 9.60. The molecule has 0 unspecified atom stereocenters. The minimum Gasteiger partial charge on any atom is -0.458 e. The number of carbonyl (C=O) groups excluding carboxylic acids is 2. The summed E-state index contributed by atoms with van der Waals surface area (Å²) < 4.78 is 5.99. The van der Waals surface area contributed by atoms with E-state index in [1.165, 1.54) is 18.4 Å². The molecule has 0 aromatic rings. The number of hydrogen-bond acceptors (Lipinski definition) is 3. The molecule has 1 saturated heterocycles. The SMILES string of the molecule is C[C@]12CCC(=O)C=C1C=C[C@@H]1[C@@H]2CC[C@@]2(C)[C@H]1CC[C@]21CCC(=O)O1. The van der Waals surface area contributed by atoms with Crippen LogP contribution in [0.5, 0.6) is 0 Å². The summed E-state index contributed by atoms with van der Waals surface area (Å²) in [4.78, 5) is 23.8. The molecule has 1 spiro atoms. The maximum atomic E-state index is 11.9. The summed E-state index contributed by atoms with van der Waals surface area (Å²) >= 11 is 0. The zero-order valence-electron chi connectivity index (χ0n) is 15.3. The first-order valence-electron chi connectivity index (χ1n) is 10.0. The molecular formula is C22H28O3. The van der Waals surface area contributed by atoms with Gasteiger partial charge in [0, 0.05) is 18.3 Å². The van der Waals surface area contributed by atoms with Gasteiger partial charge in [0.05, 0.1) is 0 Å². The molecule has 3 nitrogen and oxygen atoms in total. The van der Waals surface area contributed by atoms with Crippen molar-refractivity contribution < 1.29 is 14.3 Å². The lowest BCUT2D eigenvalue weighted by Gasteiger charge is -2.57. The van der Waals surface area contributed by atoms with Gasteiger partial charge in [-0.2, -0.15) is 0 Å². The highest BCUT2D eigenvalue weighted by Crippen LogP contribution is 2.68. The first-order chi connectivity index (χ1) is 11.9. The zero-order chi connectivity index (χ0) is 17.4. The molecule has 5 aliphatic rings. The van der Waals surface area contributed by atoms with Gasteiger partial charge in [-0.15, -0.1) is 0 Å². The summed E-state index contributed by atoms with van der Waals surface area (Å²) in [5.74, 6) is 2.08. The normalized spacial score (nSPS) is 51.0. The minimum absolute atomic E-state index is 0.00570. The number of fused-ring (bicyclic) bond motifs is 6. The Labute approximate surface area is 149 Å². The topological polar surface area (TPSA) is 43.4 Å². The molecule has 0 amide bonds. The molecule has 0 aromatic carbocycles. The lowest BCUT2D eigenvalue weighted by atomic mass is 9.48. The van der Waals surface area contributed by atoms with Crippen LogP contribution in [0.3, 0.4) is 0 Å². The van der Waals surface area contributed by atoms with E-state index in [4.69, 9.17) is 4.74 Å². The first-order valence-corrected chi connectivity index (χ1v) is 10.0. The molecule has 6 atom stereocenters. The second-order valence-electron chi connectivity index (χ2n) is 9.60. The van der Waals surface area contributed by atoms with E-state index in [1.807, 2.05) is 6.08 Å². The van der Waals surface area contributed by atoms with Crippen molar-refractivity contribution in [1.82, 2.24) is 0 Å². The average molecular weight is 340 g/mol. The van der Waals surface area contributed by atoms with Crippen molar-refractivity contribution in [2.75, 3.05) is 0 Å². The number of esters is 1. The molecule has 3 fully saturated rings. The van der Waals surface area contributed by atoms with Crippen molar-refractivity contribution in [2.45, 2.75) is 70.8 Å². The number of rotatable bonds is 0. The van der Waals surface area contributed by atoms with Gasteiger partial charge in [-0.3, -0.25) is 9.59 Å². The Balaban J connectivity index is 1.53. The molecule has 25 heavy (non-hydrogen) atoms. The van der Waals surface area contributed by atoms with E-state index < -0.39 is 0 Å². The van der Waals surface area contributed by atoms with Gasteiger partial charge in [-0.1, -0.05) is 26.0 Å². The van der Waals surface area contributed by atoms with Crippen LogP contribution in [-0.4, -0.2) is 17.4 Å². The monoisotopic (exact) mass is 340 g/mol. The van der Waals surface area contributed by atoms with Crippen molar-refractivity contribution in [1.29, 1.82) is 0 Å². The third-order valence-electron chi connectivity index (χ3n) is 8.85. The number of hydrogen-bond donors (Lipinski definition) is 0. The Morgan fingerprint density at radius 3 is 2.56 bits per heavy atom. The van der Waals surface area contributed by atoms with Crippen LogP contribution in [0.1, 0.15) is 65.2 Å². The highest BCUT2D eigenvalue weighted by Gasteiger charge is 2.66. The minimum atomic E-state index is -0.201. The van der Waals surface area contributed by atoms with Gasteiger partial charge >= 0.3 is 5.97 Å².